The molecule has 0 aliphatic carbocycles. The van der Waals surface area contributed by atoms with Gasteiger partial charge in [-0.05, 0) is 53.2 Å². The summed E-state index contributed by atoms with van der Waals surface area (Å²) in [5, 5.41) is 0.847. The second-order valence-electron chi connectivity index (χ2n) is 6.86. The van der Waals surface area contributed by atoms with Crippen LogP contribution in [0.1, 0.15) is 25.5 Å². The van der Waals surface area contributed by atoms with Gasteiger partial charge in [-0.3, -0.25) is 0 Å². The highest BCUT2D eigenvalue weighted by Gasteiger charge is 2.44. The molecule has 0 amide bonds. The molecule has 0 spiro atoms. The fraction of sp³-hybridized carbons (Fsp3) is 0.300. The number of hydrogen-bond donors (Lipinski definition) is 1. The van der Waals surface area contributed by atoms with Crippen LogP contribution in [-0.4, -0.2) is 41.5 Å². The van der Waals surface area contributed by atoms with E-state index < -0.39 is 28.7 Å². The Labute approximate surface area is 176 Å². The molecule has 0 saturated carbocycles. The molecule has 1 aromatic carbocycles. The van der Waals surface area contributed by atoms with Crippen molar-refractivity contribution in [3.05, 3.63) is 48.3 Å². The molecular weight excluding hydrogens is 435 g/mol. The smallest absolute Gasteiger partial charge is 0.345 e. The summed E-state index contributed by atoms with van der Waals surface area (Å²) in [5.41, 5.74) is 3.09. The summed E-state index contributed by atoms with van der Waals surface area (Å²) in [6.07, 6.45) is -3.00. The van der Waals surface area contributed by atoms with E-state index in [1.165, 1.54) is 24.3 Å². The van der Waals surface area contributed by atoms with Gasteiger partial charge in [0.1, 0.15) is 5.65 Å². The van der Waals surface area contributed by atoms with Crippen LogP contribution in [0.2, 0.25) is 0 Å². The van der Waals surface area contributed by atoms with Gasteiger partial charge in [0, 0.05) is 17.3 Å². The number of fused-ring (bicyclic) bond motifs is 1. The Morgan fingerprint density at radius 3 is 2.48 bits per heavy atom. The number of aromatic amines is 1. The Morgan fingerprint density at radius 2 is 1.87 bits per heavy atom. The number of rotatable bonds is 7. The minimum Gasteiger partial charge on any atom is -0.345 e. The molecule has 31 heavy (non-hydrogen) atoms. The van der Waals surface area contributed by atoms with Crippen molar-refractivity contribution in [1.82, 2.24) is 14.4 Å². The number of nitrogens with one attached hydrogen (secondary N) is 1. The average Bonchev–Trinajstić information content (AvgIpc) is 3.10. The predicted molar refractivity (Wildman–Crippen MR) is 107 cm³/mol. The molecule has 3 rings (SSSR count). The van der Waals surface area contributed by atoms with Gasteiger partial charge in [-0.1, -0.05) is 25.5 Å². The first-order valence-corrected chi connectivity index (χ1v) is 10.8. The molecule has 1 N–H and O–H groups in total. The van der Waals surface area contributed by atoms with Crippen LogP contribution in [0.4, 0.5) is 13.2 Å². The number of hydrogen-bond acceptors (Lipinski definition) is 5. The summed E-state index contributed by atoms with van der Waals surface area (Å²) < 4.78 is 63.5. The van der Waals surface area contributed by atoms with Crippen molar-refractivity contribution >= 4 is 27.0 Å². The zero-order valence-electron chi connectivity index (χ0n) is 16.7. The normalized spacial score (nSPS) is 12.5. The molecule has 0 saturated heterocycles. The van der Waals surface area contributed by atoms with Crippen LogP contribution < -0.4 is 0 Å². The van der Waals surface area contributed by atoms with Crippen molar-refractivity contribution in [2.45, 2.75) is 37.8 Å². The lowest BCUT2D eigenvalue weighted by Crippen LogP contribution is -2.39. The van der Waals surface area contributed by atoms with Crippen molar-refractivity contribution in [2.75, 3.05) is 6.54 Å². The van der Waals surface area contributed by atoms with Crippen LogP contribution in [0.25, 0.3) is 22.2 Å². The second-order valence-corrected chi connectivity index (χ2v) is 8.69. The summed E-state index contributed by atoms with van der Waals surface area (Å²) in [4.78, 5) is 22.5. The molecule has 0 unspecified atom stereocenters. The number of benzene rings is 1. The molecule has 0 fully saturated rings. The largest absolute Gasteiger partial charge is 0.492 e. The van der Waals surface area contributed by atoms with Crippen molar-refractivity contribution in [3.8, 4) is 11.1 Å². The lowest BCUT2D eigenvalue weighted by atomic mass is 10.0. The number of nitrogens with zero attached hydrogens (tertiary/aromatic N) is 2. The molecular formula is C20H20F3N3O4S. The predicted octanol–water partition coefficient (Wildman–Crippen LogP) is 4.35. The number of sulfonamides is 1. The van der Waals surface area contributed by atoms with Gasteiger partial charge in [0.05, 0.1) is 11.4 Å². The van der Waals surface area contributed by atoms with Gasteiger partial charge in [0.25, 0.3) is 10.0 Å². The van der Waals surface area contributed by atoms with E-state index in [4.69, 9.17) is 0 Å². The lowest BCUT2D eigenvalue weighted by Gasteiger charge is -2.21. The first kappa shape index (κ1) is 22.8. The quantitative estimate of drug-likeness (QED) is 0.535. The molecule has 11 heteroatoms. The van der Waals surface area contributed by atoms with E-state index in [-0.39, 0.29) is 15.8 Å². The molecule has 0 aliphatic rings. The lowest BCUT2D eigenvalue weighted by molar-refractivity contribution is -0.222. The Balaban J connectivity index is 1.93. The third kappa shape index (κ3) is 4.88. The molecule has 0 bridgehead atoms. The van der Waals surface area contributed by atoms with E-state index in [1.807, 2.05) is 13.0 Å². The van der Waals surface area contributed by atoms with E-state index >= 15 is 0 Å². The van der Waals surface area contributed by atoms with Gasteiger partial charge in [0.15, 0.2) is 0 Å². The van der Waals surface area contributed by atoms with Crippen LogP contribution >= 0.6 is 0 Å². The van der Waals surface area contributed by atoms with E-state index in [0.717, 1.165) is 16.6 Å². The molecule has 2 aromatic heterocycles. The molecule has 0 atom stereocenters. The molecule has 2 heterocycles. The maximum atomic E-state index is 12.8. The Morgan fingerprint density at radius 1 is 1.19 bits per heavy atom. The maximum absolute atomic E-state index is 12.8. The average molecular weight is 455 g/mol. The number of H-pyrrole nitrogens is 1. The van der Waals surface area contributed by atoms with Crippen LogP contribution in [-0.2, 0) is 19.7 Å². The van der Waals surface area contributed by atoms with Crippen molar-refractivity contribution in [3.63, 3.8) is 0 Å². The summed E-state index contributed by atoms with van der Waals surface area (Å²) in [5.74, 6) is -2.59. The van der Waals surface area contributed by atoms with Gasteiger partial charge in [-0.25, -0.2) is 18.2 Å². The second kappa shape index (κ2) is 8.67. The highest BCUT2D eigenvalue weighted by atomic mass is 32.2. The number of aromatic nitrogens is 2. The Kier molecular flexibility index (Phi) is 6.37. The van der Waals surface area contributed by atoms with Crippen LogP contribution in [0.3, 0.4) is 0 Å². The molecule has 3 aromatic rings. The van der Waals surface area contributed by atoms with Gasteiger partial charge < -0.3 is 9.82 Å². The number of aryl methyl sites for hydroxylation is 1. The highest BCUT2D eigenvalue weighted by molar-refractivity contribution is 7.89. The first-order valence-electron chi connectivity index (χ1n) is 9.40. The topological polar surface area (TPSA) is 92.4 Å². The molecule has 0 aliphatic heterocycles. The Bertz CT molecular complexity index is 1190. The summed E-state index contributed by atoms with van der Waals surface area (Å²) in [7, 11) is -4.49. The number of hydroxylamine groups is 1. The Hall–Kier alpha value is -2.92. The summed E-state index contributed by atoms with van der Waals surface area (Å²) >= 11 is 0. The summed E-state index contributed by atoms with van der Waals surface area (Å²) in [6, 6.07) is 9.28. The minimum atomic E-state index is -5.31. The number of pyridine rings is 1. The minimum absolute atomic E-state index is 0.0987. The number of unbranched alkanes of at least 4 members (excludes halogenated alkanes) is 1. The van der Waals surface area contributed by atoms with E-state index in [9.17, 15) is 26.4 Å². The number of carbonyl (C=O) groups excluding carboxylic acids is 1. The third-order valence-corrected chi connectivity index (χ3v) is 6.17. The SMILES string of the molecule is CCCCN(OC(=O)C(F)(F)F)S(=O)(=O)c1ccc(-c2ccnc3[nH]c(C)cc23)cc1. The highest BCUT2D eigenvalue weighted by Crippen LogP contribution is 2.30. The molecule has 7 nitrogen and oxygen atoms in total. The van der Waals surface area contributed by atoms with Crippen LogP contribution in [0.15, 0.2) is 47.5 Å². The van der Waals surface area contributed by atoms with E-state index in [1.54, 1.807) is 19.2 Å². The molecule has 166 valence electrons. The zero-order chi connectivity index (χ0) is 22.8. The standard InChI is InChI=1S/C20H20F3N3O4S/c1-3-4-11-26(30-19(27)20(21,22)23)31(28,29)15-7-5-14(6-8-15)16-9-10-24-18-17(16)12-13(2)25-18/h5-10,12H,3-4,11H2,1-2H3,(H,24,25). The maximum Gasteiger partial charge on any atom is 0.492 e. The zero-order valence-corrected chi connectivity index (χ0v) is 17.5. The van der Waals surface area contributed by atoms with Crippen LogP contribution in [0, 0.1) is 6.92 Å². The van der Waals surface area contributed by atoms with Gasteiger partial charge in [-0.15, -0.1) is 0 Å². The van der Waals surface area contributed by atoms with Crippen LogP contribution in [0.5, 0.6) is 0 Å². The van der Waals surface area contributed by atoms with Crippen molar-refractivity contribution in [1.29, 1.82) is 0 Å². The monoisotopic (exact) mass is 455 g/mol. The van der Waals surface area contributed by atoms with Crippen molar-refractivity contribution < 1.29 is 31.2 Å². The van der Waals surface area contributed by atoms with Gasteiger partial charge >= 0.3 is 12.1 Å². The molecule has 0 radical (unpaired) electrons. The van der Waals surface area contributed by atoms with Gasteiger partial charge in [0.2, 0.25) is 0 Å². The number of halogens is 3. The first-order chi connectivity index (χ1) is 14.5. The summed E-state index contributed by atoms with van der Waals surface area (Å²) in [6.45, 7) is 3.22. The fourth-order valence-electron chi connectivity index (χ4n) is 2.98. The fourth-order valence-corrected chi connectivity index (χ4v) is 4.23. The van der Waals surface area contributed by atoms with Crippen molar-refractivity contribution in [2.24, 2.45) is 0 Å². The van der Waals surface area contributed by atoms with E-state index in [2.05, 4.69) is 14.8 Å². The van der Waals surface area contributed by atoms with Gasteiger partial charge in [-0.2, -0.15) is 13.2 Å². The number of alkyl halides is 3. The number of carbonyl (C=O) groups is 1. The third-order valence-electron chi connectivity index (χ3n) is 4.51. The van der Waals surface area contributed by atoms with E-state index in [0.29, 0.717) is 17.6 Å².